The number of amidine groups is 2. The Morgan fingerprint density at radius 2 is 2.04 bits per heavy atom. The van der Waals surface area contributed by atoms with Gasteiger partial charge in [-0.25, -0.2) is 18.2 Å². The third kappa shape index (κ3) is 3.16. The maximum absolute atomic E-state index is 14.2. The second-order valence-electron chi connectivity index (χ2n) is 6.15. The van der Waals surface area contributed by atoms with Gasteiger partial charge in [-0.3, -0.25) is 4.99 Å². The molecule has 1 aliphatic heterocycles. The molecule has 1 heterocycles. The number of hydrogen-bond acceptors (Lipinski definition) is 2. The molecule has 1 aliphatic carbocycles. The van der Waals surface area contributed by atoms with Crippen molar-refractivity contribution in [1.29, 1.82) is 0 Å². The van der Waals surface area contributed by atoms with E-state index in [1.807, 2.05) is 0 Å². The Morgan fingerprint density at radius 3 is 2.70 bits per heavy atom. The Kier molecular flexibility index (Phi) is 4.00. The standard InChI is InChI=1S/C17H18F3N3/c1-8-5-11(15(20)12(18)6-8)14-7-13(19)17(22-14)23-16(21)9(2)10-3-4-10/h5-6,10,13-14H,2-4,7H2,1H3,(H2,21,22,23). The van der Waals surface area contributed by atoms with E-state index in [1.54, 1.807) is 6.92 Å². The van der Waals surface area contributed by atoms with E-state index in [-0.39, 0.29) is 23.7 Å². The van der Waals surface area contributed by atoms with Crippen molar-refractivity contribution in [3.8, 4) is 0 Å². The molecule has 3 nitrogen and oxygen atoms in total. The summed E-state index contributed by atoms with van der Waals surface area (Å²) in [6, 6.07) is 1.79. The highest BCUT2D eigenvalue weighted by atomic mass is 19.2. The number of aliphatic imine (C=N–C) groups is 2. The third-order valence-corrected chi connectivity index (χ3v) is 4.19. The Labute approximate surface area is 132 Å². The summed E-state index contributed by atoms with van der Waals surface area (Å²) in [6.45, 7) is 5.50. The van der Waals surface area contributed by atoms with Crippen LogP contribution in [0.5, 0.6) is 0 Å². The molecule has 1 fully saturated rings. The SMILES string of the molecule is C=C(C(N)=NC1=NC(c2cc(C)cc(F)c2F)CC1F)C1CC1. The lowest BCUT2D eigenvalue weighted by Gasteiger charge is -2.10. The van der Waals surface area contributed by atoms with E-state index in [9.17, 15) is 13.2 Å². The van der Waals surface area contributed by atoms with Gasteiger partial charge in [-0.1, -0.05) is 12.6 Å². The van der Waals surface area contributed by atoms with E-state index in [0.29, 0.717) is 17.1 Å². The first-order valence-corrected chi connectivity index (χ1v) is 7.57. The lowest BCUT2D eigenvalue weighted by molar-refractivity contribution is 0.394. The molecular weight excluding hydrogens is 303 g/mol. The molecule has 0 saturated heterocycles. The van der Waals surface area contributed by atoms with Gasteiger partial charge in [0.05, 0.1) is 6.04 Å². The van der Waals surface area contributed by atoms with Gasteiger partial charge in [-0.2, -0.15) is 0 Å². The topological polar surface area (TPSA) is 50.7 Å². The Hall–Kier alpha value is -2.11. The highest BCUT2D eigenvalue weighted by Crippen LogP contribution is 2.37. The number of nitrogens with two attached hydrogens (primary N) is 1. The summed E-state index contributed by atoms with van der Waals surface area (Å²) in [5, 5.41) is 0. The van der Waals surface area contributed by atoms with Gasteiger partial charge in [0.15, 0.2) is 23.6 Å². The zero-order chi connectivity index (χ0) is 16.7. The number of aryl methyl sites for hydroxylation is 1. The summed E-state index contributed by atoms with van der Waals surface area (Å²) in [4.78, 5) is 8.13. The second-order valence-corrected chi connectivity index (χ2v) is 6.15. The van der Waals surface area contributed by atoms with Crippen LogP contribution in [-0.4, -0.2) is 17.8 Å². The predicted octanol–water partition coefficient (Wildman–Crippen LogP) is 3.78. The summed E-state index contributed by atoms with van der Waals surface area (Å²) < 4.78 is 41.6. The molecule has 122 valence electrons. The monoisotopic (exact) mass is 321 g/mol. The lowest BCUT2D eigenvalue weighted by Crippen LogP contribution is -2.20. The van der Waals surface area contributed by atoms with E-state index in [0.717, 1.165) is 18.9 Å². The van der Waals surface area contributed by atoms with Gasteiger partial charge in [0.25, 0.3) is 0 Å². The van der Waals surface area contributed by atoms with Crippen molar-refractivity contribution >= 4 is 11.7 Å². The highest BCUT2D eigenvalue weighted by Gasteiger charge is 2.33. The summed E-state index contributed by atoms with van der Waals surface area (Å²) in [5.41, 5.74) is 7.13. The number of nitrogens with zero attached hydrogens (tertiary/aromatic N) is 2. The molecule has 0 radical (unpaired) electrons. The van der Waals surface area contributed by atoms with Gasteiger partial charge in [0, 0.05) is 12.0 Å². The van der Waals surface area contributed by atoms with Gasteiger partial charge in [-0.15, -0.1) is 0 Å². The molecule has 1 aromatic carbocycles. The molecule has 6 heteroatoms. The van der Waals surface area contributed by atoms with E-state index < -0.39 is 23.8 Å². The molecule has 0 spiro atoms. The molecule has 0 aromatic heterocycles. The Balaban J connectivity index is 1.88. The lowest BCUT2D eigenvalue weighted by atomic mass is 10.0. The minimum Gasteiger partial charge on any atom is -0.383 e. The summed E-state index contributed by atoms with van der Waals surface area (Å²) in [5.74, 6) is -1.53. The molecule has 2 aliphatic rings. The van der Waals surface area contributed by atoms with Crippen LogP contribution in [0.25, 0.3) is 0 Å². The van der Waals surface area contributed by atoms with Crippen LogP contribution in [0.2, 0.25) is 0 Å². The second kappa shape index (κ2) is 5.83. The first-order chi connectivity index (χ1) is 10.9. The van der Waals surface area contributed by atoms with Gasteiger partial charge >= 0.3 is 0 Å². The summed E-state index contributed by atoms with van der Waals surface area (Å²) in [7, 11) is 0. The number of halogens is 3. The average molecular weight is 321 g/mol. The molecule has 1 aromatic rings. The highest BCUT2D eigenvalue weighted by molar-refractivity contribution is 6.06. The minimum atomic E-state index is -1.45. The Morgan fingerprint density at radius 1 is 1.35 bits per heavy atom. The molecule has 2 N–H and O–H groups in total. The minimum absolute atomic E-state index is 0.0509. The quantitative estimate of drug-likeness (QED) is 0.668. The van der Waals surface area contributed by atoms with Crippen LogP contribution >= 0.6 is 0 Å². The first kappa shape index (κ1) is 15.8. The predicted molar refractivity (Wildman–Crippen MR) is 84.3 cm³/mol. The Bertz CT molecular complexity index is 720. The zero-order valence-corrected chi connectivity index (χ0v) is 12.8. The maximum atomic E-state index is 14.2. The van der Waals surface area contributed by atoms with Gasteiger partial charge < -0.3 is 5.73 Å². The average Bonchev–Trinajstić information content (AvgIpc) is 3.27. The van der Waals surface area contributed by atoms with Crippen molar-refractivity contribution in [1.82, 2.24) is 0 Å². The van der Waals surface area contributed by atoms with Gasteiger partial charge in [-0.05, 0) is 42.9 Å². The van der Waals surface area contributed by atoms with Crippen LogP contribution in [0.4, 0.5) is 13.2 Å². The number of rotatable bonds is 3. The van der Waals surface area contributed by atoms with Crippen LogP contribution in [0, 0.1) is 24.5 Å². The molecule has 0 amide bonds. The van der Waals surface area contributed by atoms with E-state index in [4.69, 9.17) is 5.73 Å². The van der Waals surface area contributed by atoms with E-state index >= 15 is 0 Å². The van der Waals surface area contributed by atoms with Crippen LogP contribution in [0.3, 0.4) is 0 Å². The van der Waals surface area contributed by atoms with Crippen LogP contribution in [0.15, 0.2) is 34.3 Å². The summed E-state index contributed by atoms with van der Waals surface area (Å²) >= 11 is 0. The molecule has 0 bridgehead atoms. The van der Waals surface area contributed by atoms with Crippen molar-refractivity contribution in [3.63, 3.8) is 0 Å². The largest absolute Gasteiger partial charge is 0.383 e. The maximum Gasteiger partial charge on any atom is 0.164 e. The number of benzene rings is 1. The third-order valence-electron chi connectivity index (χ3n) is 4.19. The molecule has 3 rings (SSSR count). The fourth-order valence-corrected chi connectivity index (χ4v) is 2.72. The van der Waals surface area contributed by atoms with Crippen molar-refractivity contribution in [3.05, 3.63) is 47.0 Å². The molecule has 2 unspecified atom stereocenters. The van der Waals surface area contributed by atoms with Gasteiger partial charge in [0.2, 0.25) is 0 Å². The smallest absolute Gasteiger partial charge is 0.164 e. The number of hydrogen-bond donors (Lipinski definition) is 1. The molecular formula is C17H18F3N3. The van der Waals surface area contributed by atoms with Crippen molar-refractivity contribution < 1.29 is 13.2 Å². The first-order valence-electron chi connectivity index (χ1n) is 7.57. The van der Waals surface area contributed by atoms with Crippen molar-refractivity contribution in [2.45, 2.75) is 38.4 Å². The molecule has 1 saturated carbocycles. The van der Waals surface area contributed by atoms with Crippen LogP contribution < -0.4 is 5.73 Å². The zero-order valence-electron chi connectivity index (χ0n) is 12.8. The fourth-order valence-electron chi connectivity index (χ4n) is 2.72. The van der Waals surface area contributed by atoms with Crippen molar-refractivity contribution in [2.75, 3.05) is 0 Å². The van der Waals surface area contributed by atoms with Crippen LogP contribution in [-0.2, 0) is 0 Å². The van der Waals surface area contributed by atoms with E-state index in [2.05, 4.69) is 16.6 Å². The van der Waals surface area contributed by atoms with E-state index in [1.165, 1.54) is 6.07 Å². The normalized spacial score (nSPS) is 24.7. The molecule has 23 heavy (non-hydrogen) atoms. The van der Waals surface area contributed by atoms with Crippen LogP contribution in [0.1, 0.15) is 36.4 Å². The molecule has 2 atom stereocenters. The fraction of sp³-hybridized carbons (Fsp3) is 0.412. The summed E-state index contributed by atoms with van der Waals surface area (Å²) in [6.07, 6.45) is 0.504. The van der Waals surface area contributed by atoms with Gasteiger partial charge in [0.1, 0.15) is 5.84 Å². The van der Waals surface area contributed by atoms with Crippen molar-refractivity contribution in [2.24, 2.45) is 21.6 Å². The number of alkyl halides is 1.